The van der Waals surface area contributed by atoms with Crippen LogP contribution in [0, 0.1) is 0 Å². The highest BCUT2D eigenvalue weighted by atomic mass is 35.5. The standard InChI is InChI=1S/C19H18N4O4.C10H12O3.C9H7ClN4O/c1-23-17(24)11-16(15-7-8-20-13-21-15)22-18(23)25-12-19(26-9-10-27-19)14-5-3-2-4-6-14;11-8-10(12-6-7-13-10)9-4-2-1-3-5-9;1-14-8(15)4-7(13-9(14)10)6-2-3-11-5-12-6/h2-8,11,13H,9-10,12H2,1H3;1-5,11H,6-8H2;2-5H,1H3. The number of hydrogen-bond donors (Lipinski definition) is 1. The van der Waals surface area contributed by atoms with Crippen molar-refractivity contribution in [3.8, 4) is 28.8 Å². The van der Waals surface area contributed by atoms with Gasteiger partial charge in [0, 0.05) is 49.7 Å². The zero-order valence-corrected chi connectivity index (χ0v) is 30.7. The van der Waals surface area contributed by atoms with Gasteiger partial charge >= 0.3 is 0 Å². The maximum atomic E-state index is 12.3. The molecule has 0 spiro atoms. The molecule has 1 N–H and O–H groups in total. The molecule has 284 valence electrons. The van der Waals surface area contributed by atoms with Crippen LogP contribution in [-0.2, 0) is 44.6 Å². The fraction of sp³-hybridized carbons (Fsp3) is 0.263. The fourth-order valence-electron chi connectivity index (χ4n) is 5.44. The third-order valence-corrected chi connectivity index (χ3v) is 8.74. The van der Waals surface area contributed by atoms with E-state index in [2.05, 4.69) is 29.9 Å². The van der Waals surface area contributed by atoms with Crippen LogP contribution < -0.4 is 15.9 Å². The molecule has 2 fully saturated rings. The molecule has 0 amide bonds. The van der Waals surface area contributed by atoms with Crippen molar-refractivity contribution in [3.63, 3.8) is 0 Å². The van der Waals surface area contributed by atoms with Crippen LogP contribution in [0.2, 0.25) is 5.28 Å². The molecule has 4 aromatic heterocycles. The summed E-state index contributed by atoms with van der Waals surface area (Å²) in [4.78, 5) is 48.0. The van der Waals surface area contributed by atoms with Gasteiger partial charge in [-0.2, -0.15) is 4.98 Å². The summed E-state index contributed by atoms with van der Waals surface area (Å²) in [5.41, 5.74) is 3.22. The predicted molar refractivity (Wildman–Crippen MR) is 199 cm³/mol. The molecule has 2 saturated heterocycles. The molecule has 17 heteroatoms. The average Bonchev–Trinajstić information content (AvgIpc) is 3.94. The van der Waals surface area contributed by atoms with E-state index in [0.29, 0.717) is 49.2 Å². The van der Waals surface area contributed by atoms with Gasteiger partial charge in [0.2, 0.25) is 16.9 Å². The van der Waals surface area contributed by atoms with Crippen LogP contribution in [0.3, 0.4) is 0 Å². The van der Waals surface area contributed by atoms with Crippen molar-refractivity contribution in [1.82, 2.24) is 39.0 Å². The van der Waals surface area contributed by atoms with E-state index < -0.39 is 11.6 Å². The van der Waals surface area contributed by atoms with Crippen LogP contribution in [0.15, 0.2) is 120 Å². The van der Waals surface area contributed by atoms with Gasteiger partial charge in [0.05, 0.1) is 49.2 Å². The normalized spacial score (nSPS) is 15.3. The number of benzene rings is 2. The van der Waals surface area contributed by atoms with E-state index >= 15 is 0 Å². The maximum Gasteiger partial charge on any atom is 0.299 e. The van der Waals surface area contributed by atoms with Gasteiger partial charge < -0.3 is 28.8 Å². The van der Waals surface area contributed by atoms with Gasteiger partial charge in [-0.3, -0.25) is 18.7 Å². The van der Waals surface area contributed by atoms with Crippen LogP contribution in [0.1, 0.15) is 11.1 Å². The third-order valence-electron chi connectivity index (χ3n) is 8.40. The molecule has 55 heavy (non-hydrogen) atoms. The Morgan fingerprint density at radius 2 is 1.15 bits per heavy atom. The molecule has 2 aromatic carbocycles. The van der Waals surface area contributed by atoms with Gasteiger partial charge in [-0.1, -0.05) is 60.7 Å². The van der Waals surface area contributed by atoms with Crippen molar-refractivity contribution in [2.24, 2.45) is 14.1 Å². The zero-order chi connectivity index (χ0) is 38.7. The molecule has 0 aliphatic carbocycles. The summed E-state index contributed by atoms with van der Waals surface area (Å²) >= 11 is 5.78. The first-order valence-corrected chi connectivity index (χ1v) is 17.4. The number of aliphatic hydroxyl groups is 1. The quantitative estimate of drug-likeness (QED) is 0.222. The summed E-state index contributed by atoms with van der Waals surface area (Å²) in [6.45, 7) is 1.92. The highest BCUT2D eigenvalue weighted by Crippen LogP contribution is 2.32. The number of ether oxygens (including phenoxy) is 5. The van der Waals surface area contributed by atoms with Crippen molar-refractivity contribution >= 4 is 11.6 Å². The van der Waals surface area contributed by atoms with Gasteiger partial charge in [-0.25, -0.2) is 24.9 Å². The van der Waals surface area contributed by atoms with Gasteiger partial charge in [-0.15, -0.1) is 0 Å². The largest absolute Gasteiger partial charge is 0.458 e. The van der Waals surface area contributed by atoms with Gasteiger partial charge in [0.25, 0.3) is 17.1 Å². The molecule has 2 aliphatic rings. The molecule has 0 atom stereocenters. The minimum atomic E-state index is -1.02. The third kappa shape index (κ3) is 9.32. The smallest absolute Gasteiger partial charge is 0.299 e. The summed E-state index contributed by atoms with van der Waals surface area (Å²) in [5, 5.41) is 9.36. The van der Waals surface area contributed by atoms with E-state index in [0.717, 1.165) is 11.1 Å². The summed E-state index contributed by atoms with van der Waals surface area (Å²) in [6.07, 6.45) is 5.96. The van der Waals surface area contributed by atoms with E-state index in [1.807, 2.05) is 60.7 Å². The Bertz CT molecular complexity index is 2250. The Labute approximate surface area is 320 Å². The average molecular weight is 769 g/mol. The Kier molecular flexibility index (Phi) is 12.8. The van der Waals surface area contributed by atoms with Crippen molar-refractivity contribution in [1.29, 1.82) is 0 Å². The van der Waals surface area contributed by atoms with E-state index in [1.54, 1.807) is 38.6 Å². The molecule has 0 unspecified atom stereocenters. The Morgan fingerprint density at radius 1 is 0.673 bits per heavy atom. The van der Waals surface area contributed by atoms with Crippen molar-refractivity contribution in [3.05, 3.63) is 147 Å². The van der Waals surface area contributed by atoms with E-state index in [9.17, 15) is 14.7 Å². The fourth-order valence-corrected chi connectivity index (χ4v) is 5.62. The van der Waals surface area contributed by atoms with E-state index in [-0.39, 0.29) is 35.6 Å². The number of hydrogen-bond acceptors (Lipinski definition) is 14. The topological polar surface area (TPSA) is 188 Å². The summed E-state index contributed by atoms with van der Waals surface area (Å²) in [5.74, 6) is -1.94. The number of rotatable bonds is 8. The second-order valence-corrected chi connectivity index (χ2v) is 12.2. The number of aromatic nitrogens is 8. The summed E-state index contributed by atoms with van der Waals surface area (Å²) in [6, 6.07) is 25.4. The molecule has 0 radical (unpaired) electrons. The Balaban J connectivity index is 0.000000155. The second-order valence-electron chi connectivity index (χ2n) is 11.9. The maximum absolute atomic E-state index is 12.3. The highest BCUT2D eigenvalue weighted by Gasteiger charge is 2.40. The van der Waals surface area contributed by atoms with Crippen LogP contribution in [0.25, 0.3) is 22.8 Å². The van der Waals surface area contributed by atoms with E-state index in [1.165, 1.54) is 33.9 Å². The van der Waals surface area contributed by atoms with Gasteiger partial charge in [0.1, 0.15) is 19.3 Å². The summed E-state index contributed by atoms with van der Waals surface area (Å²) in [7, 11) is 3.15. The Morgan fingerprint density at radius 3 is 1.62 bits per heavy atom. The van der Waals surface area contributed by atoms with Gasteiger partial charge in [0.15, 0.2) is 6.61 Å². The minimum absolute atomic E-state index is 0.0600. The van der Waals surface area contributed by atoms with Crippen molar-refractivity contribution < 1.29 is 28.8 Å². The van der Waals surface area contributed by atoms with Crippen LogP contribution in [0.5, 0.6) is 6.01 Å². The number of halogens is 1. The van der Waals surface area contributed by atoms with Crippen LogP contribution in [-0.4, -0.2) is 83.8 Å². The minimum Gasteiger partial charge on any atom is -0.458 e. The van der Waals surface area contributed by atoms with Crippen molar-refractivity contribution in [2.45, 2.75) is 11.6 Å². The number of nitrogens with zero attached hydrogens (tertiary/aromatic N) is 8. The molecule has 8 rings (SSSR count). The first-order chi connectivity index (χ1) is 26.7. The molecular weight excluding hydrogens is 732 g/mol. The molecule has 6 aromatic rings. The van der Waals surface area contributed by atoms with Crippen LogP contribution >= 0.6 is 11.6 Å². The molecular formula is C38H37ClN8O8. The van der Waals surface area contributed by atoms with E-state index in [4.69, 9.17) is 35.3 Å². The lowest BCUT2D eigenvalue weighted by Crippen LogP contribution is -2.35. The van der Waals surface area contributed by atoms with Crippen molar-refractivity contribution in [2.75, 3.05) is 39.6 Å². The lowest BCUT2D eigenvalue weighted by Gasteiger charge is -2.27. The highest BCUT2D eigenvalue weighted by molar-refractivity contribution is 6.28. The number of aliphatic hydroxyl groups excluding tert-OH is 1. The molecule has 0 bridgehead atoms. The zero-order valence-electron chi connectivity index (χ0n) is 29.9. The molecule has 0 saturated carbocycles. The molecule has 16 nitrogen and oxygen atoms in total. The first-order valence-electron chi connectivity index (χ1n) is 17.0. The predicted octanol–water partition coefficient (Wildman–Crippen LogP) is 3.29. The molecule has 6 heterocycles. The van der Waals surface area contributed by atoms with Gasteiger partial charge in [-0.05, 0) is 23.7 Å². The SMILES string of the molecule is Cn1c(Cl)nc(-c2ccncn2)cc1=O.Cn1c(OCC2(c3ccccc3)OCCO2)nc(-c2ccncn2)cc1=O.OCC1(c2ccccc2)OCCO1. The lowest BCUT2D eigenvalue weighted by molar-refractivity contribution is -0.191. The Hall–Kier alpha value is -5.75. The summed E-state index contributed by atoms with van der Waals surface area (Å²) < 4.78 is 31.0. The monoisotopic (exact) mass is 768 g/mol. The molecule has 2 aliphatic heterocycles. The van der Waals surface area contributed by atoms with Crippen LogP contribution in [0.4, 0.5) is 0 Å². The lowest BCUT2D eigenvalue weighted by atomic mass is 10.1. The first kappa shape index (κ1) is 39.0. The second kappa shape index (κ2) is 18.1.